The first-order valence-corrected chi connectivity index (χ1v) is 7.22. The van der Waals surface area contributed by atoms with Crippen molar-refractivity contribution in [1.82, 2.24) is 4.31 Å². The van der Waals surface area contributed by atoms with Crippen LogP contribution in [0.25, 0.3) is 0 Å². The van der Waals surface area contributed by atoms with Gasteiger partial charge in [-0.05, 0) is 19.9 Å². The number of hydrogen-bond donors (Lipinski definition) is 1. The Balaban J connectivity index is 3.31. The molecule has 1 rings (SSSR count). The van der Waals surface area contributed by atoms with Crippen molar-refractivity contribution in [2.24, 2.45) is 0 Å². The molecule has 0 fully saturated rings. The van der Waals surface area contributed by atoms with E-state index in [9.17, 15) is 22.9 Å². The lowest BCUT2D eigenvalue weighted by Crippen LogP contribution is -2.39. The monoisotopic (exact) mass is 306 g/mol. The number of sulfonamides is 1. The van der Waals surface area contributed by atoms with E-state index in [2.05, 4.69) is 0 Å². The van der Waals surface area contributed by atoms with Gasteiger partial charge in [-0.3, -0.25) is 10.1 Å². The van der Waals surface area contributed by atoms with Crippen LogP contribution in [0, 0.1) is 15.9 Å². The molecule has 0 aromatic heterocycles. The molecule has 0 saturated carbocycles. The molecule has 0 atom stereocenters. The molecule has 0 aliphatic carbocycles. The minimum atomic E-state index is -4.16. The lowest BCUT2D eigenvalue weighted by atomic mass is 10.3. The summed E-state index contributed by atoms with van der Waals surface area (Å²) in [5, 5.41) is 19.4. The third-order valence-corrected chi connectivity index (χ3v) is 4.72. The van der Waals surface area contributed by atoms with E-state index in [-0.39, 0.29) is 6.54 Å². The first kappa shape index (κ1) is 16.5. The molecule has 0 aliphatic heterocycles. The predicted octanol–water partition coefficient (Wildman–Crippen LogP) is 1.13. The molecule has 20 heavy (non-hydrogen) atoms. The molecule has 0 radical (unpaired) electrons. The van der Waals surface area contributed by atoms with Gasteiger partial charge in [-0.15, -0.1) is 0 Å². The van der Waals surface area contributed by atoms with Gasteiger partial charge in [-0.1, -0.05) is 0 Å². The zero-order valence-electron chi connectivity index (χ0n) is 11.0. The molecule has 1 N–H and O–H groups in total. The van der Waals surface area contributed by atoms with Crippen LogP contribution in [0.3, 0.4) is 0 Å². The smallest absolute Gasteiger partial charge is 0.272 e. The van der Waals surface area contributed by atoms with Crippen molar-refractivity contribution in [1.29, 1.82) is 0 Å². The van der Waals surface area contributed by atoms with Crippen molar-refractivity contribution < 1.29 is 22.8 Å². The highest BCUT2D eigenvalue weighted by atomic mass is 32.2. The number of halogens is 1. The standard InChI is InChI=1S/C11H15FN2O5S/c1-8(2)13(5-6-15)20(18,19)11-4-3-9(14(16)17)7-10(11)12/h3-4,7-8,15H,5-6H2,1-2H3. The van der Waals surface area contributed by atoms with Gasteiger partial charge in [-0.2, -0.15) is 4.31 Å². The Morgan fingerprint density at radius 1 is 1.45 bits per heavy atom. The second-order valence-corrected chi connectivity index (χ2v) is 6.16. The number of aliphatic hydroxyl groups excluding tert-OH is 1. The summed E-state index contributed by atoms with van der Waals surface area (Å²) < 4.78 is 39.3. The maximum atomic E-state index is 13.8. The number of nitro groups is 1. The lowest BCUT2D eigenvalue weighted by Gasteiger charge is -2.25. The summed E-state index contributed by atoms with van der Waals surface area (Å²) in [5.41, 5.74) is -0.528. The van der Waals surface area contributed by atoms with E-state index in [0.717, 1.165) is 16.4 Å². The van der Waals surface area contributed by atoms with Crippen molar-refractivity contribution >= 4 is 15.7 Å². The van der Waals surface area contributed by atoms with E-state index in [1.165, 1.54) is 0 Å². The molecule has 0 saturated heterocycles. The van der Waals surface area contributed by atoms with Crippen LogP contribution in [-0.2, 0) is 10.0 Å². The molecule has 1 aromatic carbocycles. The van der Waals surface area contributed by atoms with Crippen molar-refractivity contribution in [2.45, 2.75) is 24.8 Å². The molecule has 1 aromatic rings. The fourth-order valence-corrected chi connectivity index (χ4v) is 3.37. The fraction of sp³-hybridized carbons (Fsp3) is 0.455. The summed E-state index contributed by atoms with van der Waals surface area (Å²) in [5.74, 6) is -1.19. The van der Waals surface area contributed by atoms with E-state index < -0.39 is 44.0 Å². The number of nitro benzene ring substituents is 1. The Morgan fingerprint density at radius 3 is 2.45 bits per heavy atom. The largest absolute Gasteiger partial charge is 0.395 e. The van der Waals surface area contributed by atoms with Crippen LogP contribution in [0.1, 0.15) is 13.8 Å². The summed E-state index contributed by atoms with van der Waals surface area (Å²) in [6.45, 7) is 2.56. The topological polar surface area (TPSA) is 101 Å². The van der Waals surface area contributed by atoms with Crippen LogP contribution in [0.5, 0.6) is 0 Å². The molecule has 0 aliphatic rings. The summed E-state index contributed by atoms with van der Waals surface area (Å²) in [4.78, 5) is 9.04. The van der Waals surface area contributed by atoms with Gasteiger partial charge in [0.15, 0.2) is 0 Å². The van der Waals surface area contributed by atoms with Crippen molar-refractivity contribution in [3.05, 3.63) is 34.1 Å². The van der Waals surface area contributed by atoms with Crippen molar-refractivity contribution in [2.75, 3.05) is 13.2 Å². The number of nitrogens with zero attached hydrogens (tertiary/aromatic N) is 2. The number of non-ortho nitro benzene ring substituents is 1. The van der Waals surface area contributed by atoms with Gasteiger partial charge in [-0.25, -0.2) is 12.8 Å². The molecule has 0 amide bonds. The van der Waals surface area contributed by atoms with Gasteiger partial charge in [0.1, 0.15) is 10.7 Å². The Labute approximate surface area is 115 Å². The van der Waals surface area contributed by atoms with Gasteiger partial charge in [0.05, 0.1) is 17.6 Å². The van der Waals surface area contributed by atoms with E-state index in [0.29, 0.717) is 6.07 Å². The zero-order valence-corrected chi connectivity index (χ0v) is 11.8. The Bertz CT molecular complexity index is 603. The molecule has 112 valence electrons. The summed E-state index contributed by atoms with van der Waals surface area (Å²) in [6.07, 6.45) is 0. The summed E-state index contributed by atoms with van der Waals surface area (Å²) >= 11 is 0. The quantitative estimate of drug-likeness (QED) is 0.627. The average Bonchev–Trinajstić information content (AvgIpc) is 2.34. The molecular formula is C11H15FN2O5S. The Kier molecular flexibility index (Phi) is 5.15. The maximum absolute atomic E-state index is 13.8. The second kappa shape index (κ2) is 6.25. The third kappa shape index (κ3) is 3.30. The van der Waals surface area contributed by atoms with E-state index in [1.54, 1.807) is 13.8 Å². The normalized spacial score (nSPS) is 12.1. The molecular weight excluding hydrogens is 291 g/mol. The molecule has 0 spiro atoms. The summed E-state index contributed by atoms with van der Waals surface area (Å²) in [7, 11) is -4.16. The number of hydrogen-bond acceptors (Lipinski definition) is 5. The van der Waals surface area contributed by atoms with Gasteiger partial charge in [0, 0.05) is 18.7 Å². The first-order valence-electron chi connectivity index (χ1n) is 5.78. The molecule has 7 nitrogen and oxygen atoms in total. The lowest BCUT2D eigenvalue weighted by molar-refractivity contribution is -0.385. The molecule has 0 unspecified atom stereocenters. The number of rotatable bonds is 6. The Morgan fingerprint density at radius 2 is 2.05 bits per heavy atom. The van der Waals surface area contributed by atoms with Crippen molar-refractivity contribution in [3.63, 3.8) is 0 Å². The summed E-state index contributed by atoms with van der Waals surface area (Å²) in [6, 6.07) is 1.86. The van der Waals surface area contributed by atoms with Crippen LogP contribution in [0.2, 0.25) is 0 Å². The highest BCUT2D eigenvalue weighted by Gasteiger charge is 2.30. The fourth-order valence-electron chi connectivity index (χ4n) is 1.69. The van der Waals surface area contributed by atoms with Crippen LogP contribution in [0.4, 0.5) is 10.1 Å². The van der Waals surface area contributed by atoms with Crippen LogP contribution >= 0.6 is 0 Å². The van der Waals surface area contributed by atoms with Crippen LogP contribution < -0.4 is 0 Å². The first-order chi connectivity index (χ1) is 9.21. The maximum Gasteiger partial charge on any atom is 0.272 e. The minimum Gasteiger partial charge on any atom is -0.395 e. The number of benzene rings is 1. The van der Waals surface area contributed by atoms with E-state index in [1.807, 2.05) is 0 Å². The van der Waals surface area contributed by atoms with Crippen molar-refractivity contribution in [3.8, 4) is 0 Å². The van der Waals surface area contributed by atoms with Gasteiger partial charge < -0.3 is 5.11 Å². The minimum absolute atomic E-state index is 0.184. The van der Waals surface area contributed by atoms with Gasteiger partial charge in [0.25, 0.3) is 5.69 Å². The van der Waals surface area contributed by atoms with Gasteiger partial charge in [0.2, 0.25) is 10.0 Å². The highest BCUT2D eigenvalue weighted by molar-refractivity contribution is 7.89. The molecule has 9 heteroatoms. The SMILES string of the molecule is CC(C)N(CCO)S(=O)(=O)c1ccc([N+](=O)[O-])cc1F. The van der Waals surface area contributed by atoms with Crippen LogP contribution in [0.15, 0.2) is 23.1 Å². The predicted molar refractivity (Wildman–Crippen MR) is 69.2 cm³/mol. The average molecular weight is 306 g/mol. The van der Waals surface area contributed by atoms with E-state index >= 15 is 0 Å². The second-order valence-electron chi connectivity index (χ2n) is 4.30. The Hall–Kier alpha value is -1.58. The number of aliphatic hydroxyl groups is 1. The molecule has 0 heterocycles. The van der Waals surface area contributed by atoms with Crippen LogP contribution in [-0.4, -0.2) is 41.9 Å². The van der Waals surface area contributed by atoms with Gasteiger partial charge >= 0.3 is 0 Å². The molecule has 0 bridgehead atoms. The zero-order chi connectivity index (χ0) is 15.5. The third-order valence-electron chi connectivity index (χ3n) is 2.61. The van der Waals surface area contributed by atoms with E-state index in [4.69, 9.17) is 5.11 Å². The highest BCUT2D eigenvalue weighted by Crippen LogP contribution is 2.24.